The number of nitrogen functional groups attached to an aromatic ring is 1. The molecule has 1 atom stereocenters. The zero-order chi connectivity index (χ0) is 13.6. The lowest BCUT2D eigenvalue weighted by atomic mass is 10.0. The van der Waals surface area contributed by atoms with Crippen LogP contribution >= 0.6 is 0 Å². The number of nitrogens with zero attached hydrogens (tertiary/aromatic N) is 2. The molecule has 1 aromatic carbocycles. The number of anilines is 1. The van der Waals surface area contributed by atoms with Crippen LogP contribution in [0.15, 0.2) is 18.2 Å². The second-order valence-electron chi connectivity index (χ2n) is 5.89. The number of nitrogens with two attached hydrogens (primary N) is 1. The van der Waals surface area contributed by atoms with Crippen LogP contribution in [0.4, 0.5) is 5.82 Å². The maximum atomic E-state index is 6.30. The number of imidazole rings is 1. The zero-order valence-corrected chi connectivity index (χ0v) is 11.9. The summed E-state index contributed by atoms with van der Waals surface area (Å²) in [5, 5.41) is 0. The summed E-state index contributed by atoms with van der Waals surface area (Å²) in [6, 6.07) is 6.51. The van der Waals surface area contributed by atoms with Crippen LogP contribution in [0.5, 0.6) is 0 Å². The molecule has 1 aliphatic rings. The topological polar surface area (TPSA) is 43.8 Å². The molecule has 3 rings (SSSR count). The summed E-state index contributed by atoms with van der Waals surface area (Å²) in [4.78, 5) is 4.79. The van der Waals surface area contributed by atoms with E-state index < -0.39 is 0 Å². The van der Waals surface area contributed by atoms with Crippen molar-refractivity contribution in [3.63, 3.8) is 0 Å². The number of hydrogen-bond donors (Lipinski definition) is 1. The molecule has 1 aliphatic heterocycles. The minimum atomic E-state index is 0.710. The van der Waals surface area contributed by atoms with Crippen molar-refractivity contribution in [2.24, 2.45) is 5.92 Å². The van der Waals surface area contributed by atoms with E-state index >= 15 is 0 Å². The summed E-state index contributed by atoms with van der Waals surface area (Å²) in [5.41, 5.74) is 10.9. The summed E-state index contributed by atoms with van der Waals surface area (Å²) >= 11 is 0. The Bertz CT molecular complexity index is 605. The Hall–Kier alpha value is -1.77. The first-order valence-electron chi connectivity index (χ1n) is 6.98. The molecular weight excluding hydrogens is 234 g/mol. The van der Waals surface area contributed by atoms with E-state index in [4.69, 9.17) is 10.7 Å². The first-order valence-corrected chi connectivity index (χ1v) is 6.98. The van der Waals surface area contributed by atoms with E-state index in [0.29, 0.717) is 5.92 Å². The summed E-state index contributed by atoms with van der Waals surface area (Å²) in [6.45, 7) is 7.51. The van der Waals surface area contributed by atoms with E-state index in [0.717, 1.165) is 35.9 Å². The van der Waals surface area contributed by atoms with Gasteiger partial charge < -0.3 is 10.3 Å². The molecule has 1 aromatic heterocycles. The Morgan fingerprint density at radius 3 is 2.58 bits per heavy atom. The van der Waals surface area contributed by atoms with E-state index in [2.05, 4.69) is 43.5 Å². The van der Waals surface area contributed by atoms with Gasteiger partial charge in [-0.05, 0) is 38.3 Å². The lowest BCUT2D eigenvalue weighted by molar-refractivity contribution is 0.412. The molecule has 100 valence electrons. The van der Waals surface area contributed by atoms with Crippen molar-refractivity contribution < 1.29 is 0 Å². The van der Waals surface area contributed by atoms with Gasteiger partial charge in [-0.3, -0.25) is 0 Å². The van der Waals surface area contributed by atoms with Crippen molar-refractivity contribution in [2.45, 2.75) is 40.2 Å². The van der Waals surface area contributed by atoms with Crippen LogP contribution in [0.2, 0.25) is 0 Å². The van der Waals surface area contributed by atoms with Crippen molar-refractivity contribution in [2.75, 3.05) is 5.73 Å². The molecule has 0 saturated carbocycles. The molecule has 2 aromatic rings. The molecule has 1 unspecified atom stereocenters. The summed E-state index contributed by atoms with van der Waals surface area (Å²) in [7, 11) is 0. The zero-order valence-electron chi connectivity index (χ0n) is 11.9. The van der Waals surface area contributed by atoms with Gasteiger partial charge >= 0.3 is 0 Å². The Labute approximate surface area is 114 Å². The Morgan fingerprint density at radius 1 is 1.21 bits per heavy atom. The molecule has 0 radical (unpaired) electrons. The van der Waals surface area contributed by atoms with Gasteiger partial charge in [0.2, 0.25) is 0 Å². The van der Waals surface area contributed by atoms with Gasteiger partial charge in [-0.2, -0.15) is 0 Å². The smallest absolute Gasteiger partial charge is 0.131 e. The molecule has 0 spiro atoms. The monoisotopic (exact) mass is 255 g/mol. The average Bonchev–Trinajstić information content (AvgIpc) is 2.65. The normalized spacial score (nSPS) is 18.4. The minimum Gasteiger partial charge on any atom is -0.383 e. The van der Waals surface area contributed by atoms with Gasteiger partial charge in [0.05, 0.1) is 0 Å². The molecule has 2 N–H and O–H groups in total. The maximum Gasteiger partial charge on any atom is 0.131 e. The highest BCUT2D eigenvalue weighted by atomic mass is 15.1. The van der Waals surface area contributed by atoms with E-state index in [1.165, 1.54) is 17.5 Å². The number of aromatic nitrogens is 2. The van der Waals surface area contributed by atoms with Crippen LogP contribution in [0.25, 0.3) is 11.3 Å². The Morgan fingerprint density at radius 2 is 1.89 bits per heavy atom. The summed E-state index contributed by atoms with van der Waals surface area (Å²) < 4.78 is 2.19. The molecule has 2 heterocycles. The fourth-order valence-electron chi connectivity index (χ4n) is 3.01. The molecule has 3 heteroatoms. The van der Waals surface area contributed by atoms with E-state index in [9.17, 15) is 0 Å². The third kappa shape index (κ3) is 2.14. The highest BCUT2D eigenvalue weighted by molar-refractivity contribution is 5.72. The van der Waals surface area contributed by atoms with Crippen LogP contribution in [-0.2, 0) is 13.0 Å². The van der Waals surface area contributed by atoms with Crippen LogP contribution < -0.4 is 5.73 Å². The van der Waals surface area contributed by atoms with Gasteiger partial charge in [-0.15, -0.1) is 0 Å². The van der Waals surface area contributed by atoms with Crippen molar-refractivity contribution in [3.05, 3.63) is 35.2 Å². The van der Waals surface area contributed by atoms with E-state index in [-0.39, 0.29) is 0 Å². The molecular formula is C16H21N3. The lowest BCUT2D eigenvalue weighted by Gasteiger charge is -2.20. The highest BCUT2D eigenvalue weighted by Crippen LogP contribution is 2.31. The fraction of sp³-hybridized carbons (Fsp3) is 0.438. The minimum absolute atomic E-state index is 0.710. The first kappa shape index (κ1) is 12.3. The number of benzene rings is 1. The van der Waals surface area contributed by atoms with Gasteiger partial charge in [0.25, 0.3) is 0 Å². The molecule has 0 aliphatic carbocycles. The van der Waals surface area contributed by atoms with Crippen molar-refractivity contribution in [1.82, 2.24) is 9.55 Å². The largest absolute Gasteiger partial charge is 0.383 e. The van der Waals surface area contributed by atoms with E-state index in [1.807, 2.05) is 0 Å². The molecule has 0 saturated heterocycles. The third-order valence-electron chi connectivity index (χ3n) is 3.96. The van der Waals surface area contributed by atoms with Crippen molar-refractivity contribution >= 4 is 5.82 Å². The van der Waals surface area contributed by atoms with Gasteiger partial charge in [-0.1, -0.05) is 24.1 Å². The number of rotatable bonds is 1. The fourth-order valence-corrected chi connectivity index (χ4v) is 3.01. The van der Waals surface area contributed by atoms with Crippen LogP contribution in [0.1, 0.15) is 30.3 Å². The van der Waals surface area contributed by atoms with Crippen LogP contribution in [0, 0.1) is 19.8 Å². The number of fused-ring (bicyclic) bond motifs is 1. The van der Waals surface area contributed by atoms with E-state index in [1.54, 1.807) is 0 Å². The molecule has 0 fully saturated rings. The Kier molecular flexibility index (Phi) is 2.85. The second-order valence-corrected chi connectivity index (χ2v) is 5.89. The average molecular weight is 255 g/mol. The standard InChI is InChI=1S/C16H21N3/c1-10-4-5-19-14(9-10)18-15(16(19)17)13-7-11(2)6-12(3)8-13/h6-8,10H,4-5,9,17H2,1-3H3. The first-order chi connectivity index (χ1) is 9.04. The highest BCUT2D eigenvalue weighted by Gasteiger charge is 2.22. The Balaban J connectivity index is 2.11. The second kappa shape index (κ2) is 4.41. The van der Waals surface area contributed by atoms with Crippen LogP contribution in [0.3, 0.4) is 0 Å². The van der Waals surface area contributed by atoms with Gasteiger partial charge in [0.15, 0.2) is 0 Å². The predicted molar refractivity (Wildman–Crippen MR) is 79.0 cm³/mol. The summed E-state index contributed by atoms with van der Waals surface area (Å²) in [5.74, 6) is 2.68. The molecule has 3 nitrogen and oxygen atoms in total. The van der Waals surface area contributed by atoms with Crippen LogP contribution in [-0.4, -0.2) is 9.55 Å². The molecule has 0 amide bonds. The SMILES string of the molecule is Cc1cc(C)cc(-c2nc3n(c2N)CCC(C)C3)c1. The predicted octanol–water partition coefficient (Wildman–Crippen LogP) is 3.33. The van der Waals surface area contributed by atoms with Crippen molar-refractivity contribution in [3.8, 4) is 11.3 Å². The van der Waals surface area contributed by atoms with Crippen molar-refractivity contribution in [1.29, 1.82) is 0 Å². The quantitative estimate of drug-likeness (QED) is 0.849. The maximum absolute atomic E-state index is 6.30. The molecule has 19 heavy (non-hydrogen) atoms. The lowest BCUT2D eigenvalue weighted by Crippen LogP contribution is -2.18. The third-order valence-corrected chi connectivity index (χ3v) is 3.96. The summed E-state index contributed by atoms with van der Waals surface area (Å²) in [6.07, 6.45) is 2.23. The number of aryl methyl sites for hydroxylation is 2. The number of hydrogen-bond acceptors (Lipinski definition) is 2. The van der Waals surface area contributed by atoms with Gasteiger partial charge in [-0.25, -0.2) is 4.98 Å². The van der Waals surface area contributed by atoms with Gasteiger partial charge in [0, 0.05) is 18.5 Å². The molecule has 0 bridgehead atoms. The van der Waals surface area contributed by atoms with Gasteiger partial charge in [0.1, 0.15) is 17.3 Å².